The van der Waals surface area contributed by atoms with Gasteiger partial charge in [-0.1, -0.05) is 17.7 Å². The number of fused-ring (bicyclic) bond motifs is 1. The van der Waals surface area contributed by atoms with Crippen LogP contribution in [-0.2, 0) is 4.79 Å². The summed E-state index contributed by atoms with van der Waals surface area (Å²) in [6.07, 6.45) is 0. The predicted octanol–water partition coefficient (Wildman–Crippen LogP) is 1.54. The second kappa shape index (κ2) is 3.47. The van der Waals surface area contributed by atoms with Gasteiger partial charge in [-0.05, 0) is 30.0 Å². The zero-order valence-corrected chi connectivity index (χ0v) is 9.39. The minimum Gasteiger partial charge on any atom is -0.396 e. The van der Waals surface area contributed by atoms with Crippen molar-refractivity contribution in [2.75, 3.05) is 18.1 Å². The number of hydrogen-bond donors (Lipinski definition) is 1. The number of halogens is 1. The van der Waals surface area contributed by atoms with E-state index in [1.54, 1.807) is 17.0 Å². The summed E-state index contributed by atoms with van der Waals surface area (Å²) in [5.74, 6) is 0.717. The van der Waals surface area contributed by atoms with Crippen LogP contribution in [0.1, 0.15) is 0 Å². The van der Waals surface area contributed by atoms with Crippen LogP contribution in [0.3, 0.4) is 0 Å². The average Bonchev–Trinajstić information content (AvgIpc) is 2.88. The van der Waals surface area contributed by atoms with Crippen LogP contribution >= 0.6 is 11.6 Å². The van der Waals surface area contributed by atoms with E-state index in [0.717, 1.165) is 12.2 Å². The van der Waals surface area contributed by atoms with Gasteiger partial charge in [-0.15, -0.1) is 0 Å². The SMILES string of the molecule is O=C1C2C(CO)C2CN1c1cccc(Cl)c1. The van der Waals surface area contributed by atoms with Crippen molar-refractivity contribution < 1.29 is 9.90 Å². The number of benzene rings is 1. The fourth-order valence-electron chi connectivity index (χ4n) is 2.67. The molecule has 0 bridgehead atoms. The lowest BCUT2D eigenvalue weighted by Crippen LogP contribution is -2.30. The number of anilines is 1. The normalized spacial score (nSPS) is 31.8. The van der Waals surface area contributed by atoms with Crippen molar-refractivity contribution >= 4 is 23.2 Å². The molecule has 84 valence electrons. The van der Waals surface area contributed by atoms with Crippen molar-refractivity contribution in [3.63, 3.8) is 0 Å². The molecule has 0 spiro atoms. The Hall–Kier alpha value is -1.06. The largest absolute Gasteiger partial charge is 0.396 e. The zero-order valence-electron chi connectivity index (χ0n) is 8.64. The fraction of sp³-hybridized carbons (Fsp3) is 0.417. The van der Waals surface area contributed by atoms with Crippen molar-refractivity contribution in [1.82, 2.24) is 0 Å². The Morgan fingerprint density at radius 1 is 1.50 bits per heavy atom. The van der Waals surface area contributed by atoms with E-state index in [0.29, 0.717) is 10.9 Å². The molecule has 1 aromatic rings. The maximum atomic E-state index is 12.0. The molecule has 1 saturated carbocycles. The number of amides is 1. The van der Waals surface area contributed by atoms with Gasteiger partial charge in [-0.2, -0.15) is 0 Å². The molecule has 3 nitrogen and oxygen atoms in total. The van der Waals surface area contributed by atoms with E-state index in [-0.39, 0.29) is 24.3 Å². The zero-order chi connectivity index (χ0) is 11.3. The Bertz CT molecular complexity index is 448. The van der Waals surface area contributed by atoms with E-state index in [4.69, 9.17) is 16.7 Å². The van der Waals surface area contributed by atoms with Gasteiger partial charge in [-0.25, -0.2) is 0 Å². The molecule has 1 N–H and O–H groups in total. The molecule has 16 heavy (non-hydrogen) atoms. The van der Waals surface area contributed by atoms with E-state index in [1.165, 1.54) is 0 Å². The summed E-state index contributed by atoms with van der Waals surface area (Å²) in [5, 5.41) is 9.68. The monoisotopic (exact) mass is 237 g/mol. The molecule has 1 heterocycles. The molecular formula is C12H12ClNO2. The maximum absolute atomic E-state index is 12.0. The van der Waals surface area contributed by atoms with Gasteiger partial charge >= 0.3 is 0 Å². The highest BCUT2D eigenvalue weighted by atomic mass is 35.5. The highest BCUT2D eigenvalue weighted by molar-refractivity contribution is 6.31. The predicted molar refractivity (Wildman–Crippen MR) is 61.4 cm³/mol. The standard InChI is InChI=1S/C12H12ClNO2/c13-7-2-1-3-8(4-7)14-5-9-10(6-15)11(9)12(14)16/h1-4,9-11,15H,5-6H2. The third-order valence-corrected chi connectivity index (χ3v) is 3.84. The van der Waals surface area contributed by atoms with Gasteiger partial charge in [-0.3, -0.25) is 4.79 Å². The smallest absolute Gasteiger partial charge is 0.230 e. The summed E-state index contributed by atoms with van der Waals surface area (Å²) in [5.41, 5.74) is 0.862. The van der Waals surface area contributed by atoms with E-state index < -0.39 is 0 Å². The minimum absolute atomic E-state index is 0.0454. The molecule has 2 fully saturated rings. The van der Waals surface area contributed by atoms with Crippen LogP contribution in [0.25, 0.3) is 0 Å². The van der Waals surface area contributed by atoms with Gasteiger partial charge in [0, 0.05) is 29.8 Å². The van der Waals surface area contributed by atoms with Gasteiger partial charge < -0.3 is 10.0 Å². The third kappa shape index (κ3) is 1.35. The summed E-state index contributed by atoms with van der Waals surface area (Å²) in [7, 11) is 0. The Morgan fingerprint density at radius 3 is 2.88 bits per heavy atom. The number of piperidine rings is 1. The lowest BCUT2D eigenvalue weighted by Gasteiger charge is -2.19. The second-order valence-electron chi connectivity index (χ2n) is 4.46. The van der Waals surface area contributed by atoms with Gasteiger partial charge in [0.1, 0.15) is 0 Å². The first-order valence-electron chi connectivity index (χ1n) is 5.40. The molecule has 0 aromatic heterocycles. The van der Waals surface area contributed by atoms with Gasteiger partial charge in [0.25, 0.3) is 0 Å². The van der Waals surface area contributed by atoms with E-state index in [9.17, 15) is 4.79 Å². The minimum atomic E-state index is 0.0454. The molecule has 4 heteroatoms. The Kier molecular flexibility index (Phi) is 2.19. The van der Waals surface area contributed by atoms with Gasteiger partial charge in [0.05, 0.1) is 0 Å². The molecule has 2 aliphatic rings. The van der Waals surface area contributed by atoms with Crippen LogP contribution in [-0.4, -0.2) is 24.2 Å². The molecule has 1 aliphatic heterocycles. The number of carbonyl (C=O) groups is 1. The van der Waals surface area contributed by atoms with Gasteiger partial charge in [0.15, 0.2) is 0 Å². The number of rotatable bonds is 2. The molecule has 1 amide bonds. The van der Waals surface area contributed by atoms with E-state index in [1.807, 2.05) is 12.1 Å². The highest BCUT2D eigenvalue weighted by Gasteiger charge is 2.61. The number of nitrogens with zero attached hydrogens (tertiary/aromatic N) is 1. The molecule has 1 saturated heterocycles. The second-order valence-corrected chi connectivity index (χ2v) is 4.90. The van der Waals surface area contributed by atoms with Crippen LogP contribution in [0.15, 0.2) is 24.3 Å². The lowest BCUT2D eigenvalue weighted by atomic mass is 10.2. The lowest BCUT2D eigenvalue weighted by molar-refractivity contribution is -0.119. The van der Waals surface area contributed by atoms with Crippen LogP contribution < -0.4 is 4.90 Å². The number of aliphatic hydroxyl groups excluding tert-OH is 1. The molecule has 3 rings (SSSR count). The summed E-state index contributed by atoms with van der Waals surface area (Å²) in [6.45, 7) is 0.847. The summed E-state index contributed by atoms with van der Waals surface area (Å²) >= 11 is 5.90. The first kappa shape index (κ1) is 10.1. The Morgan fingerprint density at radius 2 is 2.31 bits per heavy atom. The number of hydrogen-bond acceptors (Lipinski definition) is 2. The van der Waals surface area contributed by atoms with Crippen molar-refractivity contribution in [2.45, 2.75) is 0 Å². The number of carbonyl (C=O) groups excluding carboxylic acids is 1. The molecule has 1 aliphatic carbocycles. The molecular weight excluding hydrogens is 226 g/mol. The quantitative estimate of drug-likeness (QED) is 0.848. The van der Waals surface area contributed by atoms with E-state index in [2.05, 4.69) is 0 Å². The maximum Gasteiger partial charge on any atom is 0.230 e. The molecule has 1 aromatic carbocycles. The first-order valence-corrected chi connectivity index (χ1v) is 5.78. The van der Waals surface area contributed by atoms with Crippen LogP contribution in [0.5, 0.6) is 0 Å². The molecule has 3 atom stereocenters. The molecule has 0 radical (unpaired) electrons. The highest BCUT2D eigenvalue weighted by Crippen LogP contribution is 2.53. The Labute approximate surface area is 98.6 Å². The van der Waals surface area contributed by atoms with Gasteiger partial charge in [0.2, 0.25) is 5.91 Å². The topological polar surface area (TPSA) is 40.5 Å². The number of aliphatic hydroxyl groups is 1. The Balaban J connectivity index is 1.82. The van der Waals surface area contributed by atoms with Crippen LogP contribution in [0, 0.1) is 17.8 Å². The van der Waals surface area contributed by atoms with Crippen LogP contribution in [0.2, 0.25) is 5.02 Å². The summed E-state index contributed by atoms with van der Waals surface area (Å²) in [6, 6.07) is 7.34. The van der Waals surface area contributed by atoms with E-state index >= 15 is 0 Å². The van der Waals surface area contributed by atoms with Crippen molar-refractivity contribution in [3.8, 4) is 0 Å². The van der Waals surface area contributed by atoms with Crippen molar-refractivity contribution in [3.05, 3.63) is 29.3 Å². The van der Waals surface area contributed by atoms with Crippen LogP contribution in [0.4, 0.5) is 5.69 Å². The first-order chi connectivity index (χ1) is 7.72. The third-order valence-electron chi connectivity index (χ3n) is 3.61. The molecule has 3 unspecified atom stereocenters. The summed E-state index contributed by atoms with van der Waals surface area (Å²) < 4.78 is 0. The van der Waals surface area contributed by atoms with Crippen molar-refractivity contribution in [1.29, 1.82) is 0 Å². The van der Waals surface area contributed by atoms with Crippen molar-refractivity contribution in [2.24, 2.45) is 17.8 Å². The average molecular weight is 238 g/mol. The summed E-state index contributed by atoms with van der Waals surface area (Å²) in [4.78, 5) is 13.8. The fourth-order valence-corrected chi connectivity index (χ4v) is 2.85.